The highest BCUT2D eigenvalue weighted by Gasteiger charge is 1.97. The van der Waals surface area contributed by atoms with Gasteiger partial charge in [0.2, 0.25) is 0 Å². The van der Waals surface area contributed by atoms with Crippen LogP contribution in [0.1, 0.15) is 10.6 Å². The van der Waals surface area contributed by atoms with Gasteiger partial charge in [-0.3, -0.25) is 0 Å². The summed E-state index contributed by atoms with van der Waals surface area (Å²) in [7, 11) is 0. The molecule has 0 saturated carbocycles. The first-order valence-corrected chi connectivity index (χ1v) is 6.79. The molecule has 0 aliphatic carbocycles. The average Bonchev–Trinajstić information content (AvgIpc) is 2.87. The van der Waals surface area contributed by atoms with Gasteiger partial charge in [-0.05, 0) is 29.7 Å². The van der Waals surface area contributed by atoms with E-state index in [0.29, 0.717) is 10.9 Å². The Morgan fingerprint density at radius 3 is 3.12 bits per heavy atom. The van der Waals surface area contributed by atoms with Gasteiger partial charge < -0.3 is 0 Å². The molecule has 0 fully saturated rings. The molecule has 0 saturated heterocycles. The zero-order valence-electron chi connectivity index (χ0n) is 8.91. The summed E-state index contributed by atoms with van der Waals surface area (Å²) < 4.78 is 0. The molecule has 0 atom stereocenters. The summed E-state index contributed by atoms with van der Waals surface area (Å²) >= 11 is 3.03. The lowest BCUT2D eigenvalue weighted by Crippen LogP contribution is -1.88. The van der Waals surface area contributed by atoms with Gasteiger partial charge in [-0.2, -0.15) is 5.26 Å². The Bertz CT molecular complexity index is 541. The second-order valence-corrected chi connectivity index (χ2v) is 4.98. The third-order valence-corrected chi connectivity index (χ3v) is 3.45. The zero-order valence-corrected chi connectivity index (χ0v) is 10.5. The number of hydrogen-bond acceptors (Lipinski definition) is 5. The second kappa shape index (κ2) is 6.18. The minimum atomic E-state index is 0.373. The Morgan fingerprint density at radius 1 is 1.41 bits per heavy atom. The van der Waals surface area contributed by atoms with Crippen molar-refractivity contribution in [1.29, 1.82) is 5.26 Å². The van der Waals surface area contributed by atoms with Gasteiger partial charge in [-0.15, -0.1) is 11.3 Å². The Morgan fingerprint density at radius 2 is 2.35 bits per heavy atom. The summed E-state index contributed by atoms with van der Waals surface area (Å²) in [5.74, 6) is 0.373. The van der Waals surface area contributed by atoms with Gasteiger partial charge in [0, 0.05) is 11.1 Å². The van der Waals surface area contributed by atoms with E-state index in [1.54, 1.807) is 17.5 Å². The van der Waals surface area contributed by atoms with Crippen LogP contribution < -0.4 is 0 Å². The van der Waals surface area contributed by atoms with Gasteiger partial charge in [0.1, 0.15) is 0 Å². The molecule has 0 spiro atoms. The number of nitriles is 1. The predicted molar refractivity (Wildman–Crippen MR) is 71.6 cm³/mol. The maximum Gasteiger partial charge on any atom is 0.189 e. The number of aromatic nitrogens is 2. The smallest absolute Gasteiger partial charge is 0.189 e. The van der Waals surface area contributed by atoms with Crippen LogP contribution in [0.4, 0.5) is 0 Å². The quantitative estimate of drug-likeness (QED) is 0.624. The van der Waals surface area contributed by atoms with Gasteiger partial charge in [0.15, 0.2) is 5.16 Å². The number of hydrogen-bond donors (Lipinski definition) is 0. The first-order chi connectivity index (χ1) is 8.38. The van der Waals surface area contributed by atoms with E-state index in [1.807, 2.05) is 35.7 Å². The molecule has 5 heteroatoms. The molecule has 2 heterocycles. The number of thiophene rings is 1. The van der Waals surface area contributed by atoms with Gasteiger partial charge in [0.25, 0.3) is 0 Å². The first kappa shape index (κ1) is 11.8. The van der Waals surface area contributed by atoms with Crippen LogP contribution in [0.25, 0.3) is 12.2 Å². The minimum absolute atomic E-state index is 0.373. The first-order valence-electron chi connectivity index (χ1n) is 4.93. The lowest BCUT2D eigenvalue weighted by molar-refractivity contribution is 0.960. The summed E-state index contributed by atoms with van der Waals surface area (Å²) in [5.41, 5.74) is 0.855. The van der Waals surface area contributed by atoms with Crippen LogP contribution in [0.15, 0.2) is 34.9 Å². The van der Waals surface area contributed by atoms with Crippen molar-refractivity contribution in [1.82, 2.24) is 9.97 Å². The second-order valence-electron chi connectivity index (χ2n) is 3.06. The molecule has 3 nitrogen and oxygen atoms in total. The molecule has 0 N–H and O–H groups in total. The largest absolute Gasteiger partial charge is 0.231 e. The molecule has 0 aliphatic rings. The van der Waals surface area contributed by atoms with Crippen LogP contribution in [-0.4, -0.2) is 15.7 Å². The van der Waals surface area contributed by atoms with E-state index in [4.69, 9.17) is 5.26 Å². The zero-order chi connectivity index (χ0) is 11.9. The number of rotatable bonds is 4. The van der Waals surface area contributed by atoms with Crippen molar-refractivity contribution in [2.75, 3.05) is 5.75 Å². The maximum atomic E-state index is 8.49. The fourth-order valence-corrected chi connectivity index (χ4v) is 2.28. The van der Waals surface area contributed by atoms with Crippen molar-refractivity contribution >= 4 is 35.3 Å². The van der Waals surface area contributed by atoms with Gasteiger partial charge in [-0.25, -0.2) is 9.97 Å². The Hall–Kier alpha value is -1.64. The normalized spacial score (nSPS) is 10.5. The van der Waals surface area contributed by atoms with Crippen LogP contribution >= 0.6 is 23.1 Å². The molecular formula is C12H9N3S2. The van der Waals surface area contributed by atoms with E-state index in [2.05, 4.69) is 16.0 Å². The van der Waals surface area contributed by atoms with Gasteiger partial charge in [0.05, 0.1) is 17.5 Å². The highest BCUT2D eigenvalue weighted by Crippen LogP contribution is 2.15. The number of thioether (sulfide) groups is 1. The monoisotopic (exact) mass is 259 g/mol. The fourth-order valence-electron chi connectivity index (χ4n) is 1.17. The van der Waals surface area contributed by atoms with E-state index >= 15 is 0 Å². The molecule has 17 heavy (non-hydrogen) atoms. The molecule has 0 unspecified atom stereocenters. The lowest BCUT2D eigenvalue weighted by atomic mass is 10.3. The van der Waals surface area contributed by atoms with Crippen LogP contribution in [0.2, 0.25) is 0 Å². The summed E-state index contributed by atoms with van der Waals surface area (Å²) in [5, 5.41) is 11.2. The topological polar surface area (TPSA) is 49.6 Å². The van der Waals surface area contributed by atoms with E-state index in [-0.39, 0.29) is 0 Å². The van der Waals surface area contributed by atoms with Crippen molar-refractivity contribution in [2.24, 2.45) is 0 Å². The Labute approximate surface area is 108 Å². The minimum Gasteiger partial charge on any atom is -0.231 e. The van der Waals surface area contributed by atoms with Gasteiger partial charge in [-0.1, -0.05) is 17.8 Å². The van der Waals surface area contributed by atoms with Crippen molar-refractivity contribution in [3.63, 3.8) is 0 Å². The van der Waals surface area contributed by atoms with Crippen LogP contribution in [0.5, 0.6) is 0 Å². The SMILES string of the molecule is N#CCSc1nccc(/C=C/c2cccs2)n1. The van der Waals surface area contributed by atoms with Gasteiger partial charge >= 0.3 is 0 Å². The highest BCUT2D eigenvalue weighted by molar-refractivity contribution is 7.99. The number of nitrogens with zero attached hydrogens (tertiary/aromatic N) is 3. The standard InChI is InChI=1S/C12H9N3S2/c13-6-9-17-12-14-7-5-10(15-12)3-4-11-2-1-8-16-11/h1-5,7-8H,9H2/b4-3+. The maximum absolute atomic E-state index is 8.49. The third kappa shape index (κ3) is 3.70. The Balaban J connectivity index is 2.09. The highest BCUT2D eigenvalue weighted by atomic mass is 32.2. The summed E-state index contributed by atoms with van der Waals surface area (Å²) in [6, 6.07) is 7.97. The van der Waals surface area contributed by atoms with Crippen molar-refractivity contribution in [3.05, 3.63) is 40.3 Å². The summed E-state index contributed by atoms with van der Waals surface area (Å²) in [4.78, 5) is 9.61. The molecular weight excluding hydrogens is 250 g/mol. The lowest BCUT2D eigenvalue weighted by Gasteiger charge is -1.96. The molecule has 0 aliphatic heterocycles. The molecule has 84 valence electrons. The molecule has 2 aromatic rings. The summed E-state index contributed by atoms with van der Waals surface area (Å²) in [6.07, 6.45) is 5.68. The van der Waals surface area contributed by atoms with E-state index in [1.165, 1.54) is 16.6 Å². The van der Waals surface area contributed by atoms with Crippen LogP contribution in [0, 0.1) is 11.3 Å². The van der Waals surface area contributed by atoms with E-state index in [9.17, 15) is 0 Å². The third-order valence-electron chi connectivity index (χ3n) is 1.88. The fraction of sp³-hybridized carbons (Fsp3) is 0.0833. The van der Waals surface area contributed by atoms with Crippen LogP contribution in [0.3, 0.4) is 0 Å². The average molecular weight is 259 g/mol. The Kier molecular flexibility index (Phi) is 4.30. The molecule has 0 bridgehead atoms. The van der Waals surface area contributed by atoms with Crippen molar-refractivity contribution < 1.29 is 0 Å². The van der Waals surface area contributed by atoms with Crippen molar-refractivity contribution in [2.45, 2.75) is 5.16 Å². The van der Waals surface area contributed by atoms with E-state index < -0.39 is 0 Å². The van der Waals surface area contributed by atoms with Crippen molar-refractivity contribution in [3.8, 4) is 6.07 Å². The van der Waals surface area contributed by atoms with E-state index in [0.717, 1.165) is 5.69 Å². The molecule has 0 aromatic carbocycles. The summed E-state index contributed by atoms with van der Waals surface area (Å²) in [6.45, 7) is 0. The molecule has 0 radical (unpaired) electrons. The molecule has 0 amide bonds. The predicted octanol–water partition coefficient (Wildman–Crippen LogP) is 3.32. The molecule has 2 aromatic heterocycles. The van der Waals surface area contributed by atoms with Crippen LogP contribution in [-0.2, 0) is 0 Å². The molecule has 2 rings (SSSR count).